The highest BCUT2D eigenvalue weighted by atomic mass is 35.5. The number of halogens is 3. The second kappa shape index (κ2) is 11.4. The first-order valence-electron chi connectivity index (χ1n) is 10.2. The van der Waals surface area contributed by atoms with Crippen LogP contribution in [0, 0.1) is 11.8 Å². The lowest BCUT2D eigenvalue weighted by Gasteiger charge is -2.25. The van der Waals surface area contributed by atoms with E-state index < -0.39 is 17.7 Å². The van der Waals surface area contributed by atoms with Crippen molar-refractivity contribution < 1.29 is 9.59 Å². The Morgan fingerprint density at radius 1 is 0.848 bits per heavy atom. The standard InChI is InChI=1S/C24H23Cl3N4O2/c25-17-5-1-14(2-6-17)9-18(23(29)32)19(10-15-3-7-20(26)21(27)11-15)24(33)31-13-16-4-8-22(28)30-12-16/h1-8,11-12,18-19H,9-10,13H2,(H2,28,30)(H2,29,32)(H,31,33)/t18?,19-/m0/s1. The number of pyridine rings is 1. The summed E-state index contributed by atoms with van der Waals surface area (Å²) in [5.74, 6) is -1.99. The van der Waals surface area contributed by atoms with Crippen LogP contribution in [0.2, 0.25) is 15.1 Å². The van der Waals surface area contributed by atoms with Crippen LogP contribution in [0.15, 0.2) is 60.8 Å². The molecule has 1 unspecified atom stereocenters. The van der Waals surface area contributed by atoms with Crippen molar-refractivity contribution in [2.24, 2.45) is 17.6 Å². The van der Waals surface area contributed by atoms with E-state index in [2.05, 4.69) is 10.3 Å². The van der Waals surface area contributed by atoms with E-state index in [4.69, 9.17) is 46.3 Å². The van der Waals surface area contributed by atoms with Gasteiger partial charge in [-0.2, -0.15) is 0 Å². The number of primary amides is 1. The van der Waals surface area contributed by atoms with Crippen LogP contribution in [0.4, 0.5) is 5.82 Å². The van der Waals surface area contributed by atoms with E-state index in [9.17, 15) is 9.59 Å². The Morgan fingerprint density at radius 2 is 1.48 bits per heavy atom. The van der Waals surface area contributed by atoms with Gasteiger partial charge in [0.2, 0.25) is 11.8 Å². The van der Waals surface area contributed by atoms with Gasteiger partial charge in [0.15, 0.2) is 0 Å². The van der Waals surface area contributed by atoms with E-state index in [0.29, 0.717) is 20.9 Å². The van der Waals surface area contributed by atoms with E-state index >= 15 is 0 Å². The fourth-order valence-corrected chi connectivity index (χ4v) is 3.96. The molecule has 0 radical (unpaired) electrons. The number of benzene rings is 2. The van der Waals surface area contributed by atoms with Crippen molar-refractivity contribution >= 4 is 52.4 Å². The molecule has 3 rings (SSSR count). The van der Waals surface area contributed by atoms with E-state index in [1.54, 1.807) is 48.7 Å². The van der Waals surface area contributed by atoms with Gasteiger partial charge < -0.3 is 16.8 Å². The van der Waals surface area contributed by atoms with Crippen molar-refractivity contribution in [2.75, 3.05) is 5.73 Å². The molecule has 0 aliphatic rings. The number of rotatable bonds is 9. The molecule has 172 valence electrons. The highest BCUT2D eigenvalue weighted by Crippen LogP contribution is 2.27. The lowest BCUT2D eigenvalue weighted by Crippen LogP contribution is -2.42. The van der Waals surface area contributed by atoms with Crippen LogP contribution in [-0.2, 0) is 29.0 Å². The number of hydrogen-bond acceptors (Lipinski definition) is 4. The monoisotopic (exact) mass is 504 g/mol. The fourth-order valence-electron chi connectivity index (χ4n) is 3.51. The molecule has 0 saturated carbocycles. The molecule has 5 N–H and O–H groups in total. The maximum atomic E-state index is 13.3. The molecular weight excluding hydrogens is 483 g/mol. The molecule has 6 nitrogen and oxygen atoms in total. The highest BCUT2D eigenvalue weighted by Gasteiger charge is 2.33. The number of carbonyl (C=O) groups excluding carboxylic acids is 2. The third-order valence-corrected chi connectivity index (χ3v) is 6.30. The molecule has 2 amide bonds. The van der Waals surface area contributed by atoms with Gasteiger partial charge in [-0.1, -0.05) is 59.1 Å². The van der Waals surface area contributed by atoms with Crippen molar-refractivity contribution in [2.45, 2.75) is 19.4 Å². The summed E-state index contributed by atoms with van der Waals surface area (Å²) in [4.78, 5) is 29.8. The largest absolute Gasteiger partial charge is 0.384 e. The lowest BCUT2D eigenvalue weighted by atomic mass is 9.81. The average Bonchev–Trinajstić information content (AvgIpc) is 2.79. The smallest absolute Gasteiger partial charge is 0.224 e. The molecule has 0 aliphatic heterocycles. The van der Waals surface area contributed by atoms with E-state index in [1.807, 2.05) is 12.1 Å². The zero-order valence-corrected chi connectivity index (χ0v) is 19.9. The molecular formula is C24H23Cl3N4O2. The Hall–Kier alpha value is -2.80. The second-order valence-electron chi connectivity index (χ2n) is 7.71. The van der Waals surface area contributed by atoms with Gasteiger partial charge >= 0.3 is 0 Å². The normalized spacial score (nSPS) is 12.7. The van der Waals surface area contributed by atoms with Crippen LogP contribution < -0.4 is 16.8 Å². The van der Waals surface area contributed by atoms with E-state index in [1.165, 1.54) is 0 Å². The van der Waals surface area contributed by atoms with E-state index in [0.717, 1.165) is 16.7 Å². The quantitative estimate of drug-likeness (QED) is 0.399. The minimum Gasteiger partial charge on any atom is -0.384 e. The van der Waals surface area contributed by atoms with Crippen molar-refractivity contribution in [3.63, 3.8) is 0 Å². The number of amides is 2. The summed E-state index contributed by atoms with van der Waals surface area (Å²) in [6.07, 6.45) is 2.13. The van der Waals surface area contributed by atoms with Gasteiger partial charge in [0.05, 0.1) is 21.9 Å². The first-order valence-corrected chi connectivity index (χ1v) is 11.3. The highest BCUT2D eigenvalue weighted by molar-refractivity contribution is 6.42. The second-order valence-corrected chi connectivity index (χ2v) is 8.96. The molecule has 0 spiro atoms. The molecule has 3 aromatic rings. The summed E-state index contributed by atoms with van der Waals surface area (Å²) in [7, 11) is 0. The van der Waals surface area contributed by atoms with Gasteiger partial charge in [-0.15, -0.1) is 0 Å². The van der Waals surface area contributed by atoms with Gasteiger partial charge in [0.1, 0.15) is 5.82 Å². The van der Waals surface area contributed by atoms with Gasteiger partial charge in [-0.3, -0.25) is 9.59 Å². The molecule has 33 heavy (non-hydrogen) atoms. The zero-order chi connectivity index (χ0) is 24.0. The van der Waals surface area contributed by atoms with Gasteiger partial charge in [-0.25, -0.2) is 4.98 Å². The van der Waals surface area contributed by atoms with Crippen molar-refractivity contribution in [3.8, 4) is 0 Å². The third-order valence-electron chi connectivity index (χ3n) is 5.31. The van der Waals surface area contributed by atoms with Crippen LogP contribution >= 0.6 is 34.8 Å². The topological polar surface area (TPSA) is 111 Å². The Bertz CT molecular complexity index is 1120. The summed E-state index contributed by atoms with van der Waals surface area (Å²) in [6, 6.07) is 15.6. The summed E-state index contributed by atoms with van der Waals surface area (Å²) < 4.78 is 0. The first-order chi connectivity index (χ1) is 15.7. The maximum absolute atomic E-state index is 13.3. The Kier molecular flexibility index (Phi) is 8.55. The molecule has 2 atom stereocenters. The predicted molar refractivity (Wildman–Crippen MR) is 132 cm³/mol. The van der Waals surface area contributed by atoms with E-state index in [-0.39, 0.29) is 25.3 Å². The van der Waals surface area contributed by atoms with Crippen molar-refractivity contribution in [3.05, 3.63) is 92.6 Å². The molecule has 2 aromatic carbocycles. The van der Waals surface area contributed by atoms with Crippen molar-refractivity contribution in [1.29, 1.82) is 0 Å². The number of hydrogen-bond donors (Lipinski definition) is 3. The molecule has 1 aromatic heterocycles. The summed E-state index contributed by atoms with van der Waals surface area (Å²) in [5, 5.41) is 4.24. The Morgan fingerprint density at radius 3 is 2.09 bits per heavy atom. The van der Waals surface area contributed by atoms with Gasteiger partial charge in [0.25, 0.3) is 0 Å². The maximum Gasteiger partial charge on any atom is 0.224 e. The number of nitrogen functional groups attached to an aromatic ring is 1. The molecule has 0 aliphatic carbocycles. The lowest BCUT2D eigenvalue weighted by molar-refractivity contribution is -0.133. The summed E-state index contributed by atoms with van der Waals surface area (Å²) >= 11 is 18.2. The number of nitrogens with two attached hydrogens (primary N) is 2. The molecule has 0 fully saturated rings. The summed E-state index contributed by atoms with van der Waals surface area (Å²) in [5.41, 5.74) is 13.8. The van der Waals surface area contributed by atoms with Crippen LogP contribution in [-0.4, -0.2) is 16.8 Å². The number of carbonyl (C=O) groups is 2. The van der Waals surface area contributed by atoms with Crippen LogP contribution in [0.25, 0.3) is 0 Å². The zero-order valence-electron chi connectivity index (χ0n) is 17.6. The van der Waals surface area contributed by atoms with Gasteiger partial charge in [-0.05, 0) is 59.9 Å². The predicted octanol–water partition coefficient (Wildman–Crippen LogP) is 4.44. The minimum absolute atomic E-state index is 0.233. The number of aromatic nitrogens is 1. The average molecular weight is 506 g/mol. The van der Waals surface area contributed by atoms with Crippen LogP contribution in [0.1, 0.15) is 16.7 Å². The SMILES string of the molecule is NC(=O)C(Cc1ccc(Cl)cc1)[C@H](Cc1ccc(Cl)c(Cl)c1)C(=O)NCc1ccc(N)nc1. The summed E-state index contributed by atoms with van der Waals surface area (Å²) in [6.45, 7) is 0.233. The third kappa shape index (κ3) is 7.09. The van der Waals surface area contributed by atoms with Crippen LogP contribution in [0.5, 0.6) is 0 Å². The molecule has 9 heteroatoms. The minimum atomic E-state index is -0.759. The fraction of sp³-hybridized carbons (Fsp3) is 0.208. The van der Waals surface area contributed by atoms with Gasteiger partial charge in [0, 0.05) is 17.8 Å². The Labute approximate surface area is 207 Å². The number of anilines is 1. The number of nitrogens with zero attached hydrogens (tertiary/aromatic N) is 1. The first kappa shape index (κ1) is 24.8. The van der Waals surface area contributed by atoms with Crippen molar-refractivity contribution in [1.82, 2.24) is 10.3 Å². The molecule has 1 heterocycles. The number of nitrogens with one attached hydrogen (secondary N) is 1. The molecule has 0 saturated heterocycles. The molecule has 0 bridgehead atoms. The Balaban J connectivity index is 1.86. The van der Waals surface area contributed by atoms with Crippen LogP contribution in [0.3, 0.4) is 0 Å².